The lowest BCUT2D eigenvalue weighted by atomic mass is 10.0. The Morgan fingerprint density at radius 1 is 1.13 bits per heavy atom. The molecule has 0 spiro atoms. The maximum absolute atomic E-state index is 10.5. The first-order chi connectivity index (χ1) is 14.3. The highest BCUT2D eigenvalue weighted by Gasteiger charge is 2.32. The van der Waals surface area contributed by atoms with Crippen molar-refractivity contribution in [3.63, 3.8) is 0 Å². The summed E-state index contributed by atoms with van der Waals surface area (Å²) in [5.41, 5.74) is 1.95. The van der Waals surface area contributed by atoms with Crippen molar-refractivity contribution in [2.24, 2.45) is 0 Å². The second kappa shape index (κ2) is 8.83. The number of anilines is 1. The molecule has 1 atom stereocenters. The molecule has 0 aliphatic carbocycles. The number of aliphatic hydroxyl groups is 1. The number of rotatable bonds is 6. The summed E-state index contributed by atoms with van der Waals surface area (Å²) >= 11 is 12.3. The minimum absolute atomic E-state index is 0.215. The van der Waals surface area contributed by atoms with Crippen LogP contribution in [0.15, 0.2) is 36.4 Å². The van der Waals surface area contributed by atoms with Gasteiger partial charge in [-0.15, -0.1) is 0 Å². The van der Waals surface area contributed by atoms with Crippen molar-refractivity contribution in [2.75, 3.05) is 44.2 Å². The Morgan fingerprint density at radius 2 is 1.90 bits per heavy atom. The predicted molar refractivity (Wildman–Crippen MR) is 121 cm³/mol. The number of halogens is 2. The minimum atomic E-state index is -0.569. The maximum Gasteiger partial charge on any atom is 0.165 e. The Morgan fingerprint density at radius 3 is 2.63 bits per heavy atom. The van der Waals surface area contributed by atoms with Gasteiger partial charge in [-0.25, -0.2) is 0 Å². The van der Waals surface area contributed by atoms with Crippen molar-refractivity contribution in [1.82, 2.24) is 4.90 Å². The molecule has 1 fully saturated rings. The summed E-state index contributed by atoms with van der Waals surface area (Å²) in [6.45, 7) is 8.37. The predicted octanol–water partition coefficient (Wildman–Crippen LogP) is 4.27. The second-order valence-corrected chi connectivity index (χ2v) is 9.47. The number of aliphatic hydroxyl groups excluding tert-OH is 1. The van der Waals surface area contributed by atoms with Gasteiger partial charge in [-0.05, 0) is 38.1 Å². The molecule has 2 aliphatic rings. The summed E-state index contributed by atoms with van der Waals surface area (Å²) < 4.78 is 12.0. The molecular weight excluding hydrogens is 423 g/mol. The van der Waals surface area contributed by atoms with Crippen molar-refractivity contribution in [1.29, 1.82) is 0 Å². The lowest BCUT2D eigenvalue weighted by Gasteiger charge is -2.37. The van der Waals surface area contributed by atoms with E-state index in [1.54, 1.807) is 6.07 Å². The summed E-state index contributed by atoms with van der Waals surface area (Å²) in [6.07, 6.45) is 0.297. The molecule has 30 heavy (non-hydrogen) atoms. The number of hydrogen-bond acceptors (Lipinski definition) is 5. The van der Waals surface area contributed by atoms with Gasteiger partial charge in [0.2, 0.25) is 0 Å². The molecule has 2 aromatic rings. The average molecular weight is 451 g/mol. The number of piperazine rings is 1. The van der Waals surface area contributed by atoms with Gasteiger partial charge in [-0.2, -0.15) is 0 Å². The average Bonchev–Trinajstić information content (AvgIpc) is 3.01. The fraction of sp³-hybridized carbons (Fsp3) is 0.478. The maximum atomic E-state index is 10.5. The summed E-state index contributed by atoms with van der Waals surface area (Å²) in [5, 5.41) is 11.8. The third kappa shape index (κ3) is 4.97. The Labute approximate surface area is 188 Å². The molecule has 1 saturated heterocycles. The lowest BCUT2D eigenvalue weighted by molar-refractivity contribution is 0.0632. The molecule has 0 aromatic heterocycles. The van der Waals surface area contributed by atoms with Gasteiger partial charge in [0.1, 0.15) is 18.3 Å². The number of ether oxygens (including phenoxy) is 2. The topological polar surface area (TPSA) is 45.2 Å². The number of hydrogen-bond donors (Lipinski definition) is 1. The van der Waals surface area contributed by atoms with E-state index in [0.29, 0.717) is 22.3 Å². The zero-order chi connectivity index (χ0) is 21.3. The Balaban J connectivity index is 1.26. The molecule has 162 valence electrons. The largest absolute Gasteiger partial charge is 0.487 e. The second-order valence-electron chi connectivity index (χ2n) is 8.63. The number of nitrogens with zero attached hydrogens (tertiary/aromatic N) is 2. The third-order valence-electron chi connectivity index (χ3n) is 5.58. The zero-order valence-corrected chi connectivity index (χ0v) is 18.9. The summed E-state index contributed by atoms with van der Waals surface area (Å²) in [6, 6.07) is 11.6. The zero-order valence-electron chi connectivity index (χ0n) is 17.4. The van der Waals surface area contributed by atoms with Gasteiger partial charge in [0.25, 0.3) is 0 Å². The van der Waals surface area contributed by atoms with Crippen LogP contribution in [0.3, 0.4) is 0 Å². The van der Waals surface area contributed by atoms with Gasteiger partial charge >= 0.3 is 0 Å². The van der Waals surface area contributed by atoms with Crippen LogP contribution in [0.4, 0.5) is 5.69 Å². The Kier molecular flexibility index (Phi) is 6.35. The Hall–Kier alpha value is -1.66. The van der Waals surface area contributed by atoms with Gasteiger partial charge in [-0.3, -0.25) is 4.90 Å². The molecule has 5 nitrogen and oxygen atoms in total. The first kappa shape index (κ1) is 21.6. The number of fused-ring (bicyclic) bond motifs is 1. The quantitative estimate of drug-likeness (QED) is 0.711. The van der Waals surface area contributed by atoms with Crippen molar-refractivity contribution >= 4 is 28.9 Å². The van der Waals surface area contributed by atoms with Crippen LogP contribution in [-0.4, -0.2) is 61.0 Å². The van der Waals surface area contributed by atoms with Crippen molar-refractivity contribution < 1.29 is 14.6 Å². The fourth-order valence-electron chi connectivity index (χ4n) is 4.15. The highest BCUT2D eigenvalue weighted by Crippen LogP contribution is 2.41. The van der Waals surface area contributed by atoms with Crippen LogP contribution in [0.1, 0.15) is 19.4 Å². The lowest BCUT2D eigenvalue weighted by Crippen LogP contribution is -2.49. The number of β-amino-alcohol motifs (C(OH)–C–C–N with tert-alkyl or cyclic N) is 1. The highest BCUT2D eigenvalue weighted by atomic mass is 35.5. The van der Waals surface area contributed by atoms with Gasteiger partial charge in [0.15, 0.2) is 11.5 Å². The molecule has 0 amide bonds. The van der Waals surface area contributed by atoms with Crippen LogP contribution in [0, 0.1) is 0 Å². The highest BCUT2D eigenvalue weighted by molar-refractivity contribution is 6.36. The summed E-state index contributed by atoms with van der Waals surface area (Å²) in [4.78, 5) is 4.51. The van der Waals surface area contributed by atoms with Gasteiger partial charge in [-0.1, -0.05) is 35.3 Å². The first-order valence-corrected chi connectivity index (χ1v) is 11.1. The summed E-state index contributed by atoms with van der Waals surface area (Å²) in [5.74, 6) is 1.52. The van der Waals surface area contributed by atoms with E-state index in [-0.39, 0.29) is 12.2 Å². The van der Waals surface area contributed by atoms with Crippen molar-refractivity contribution in [3.8, 4) is 11.5 Å². The van der Waals surface area contributed by atoms with Crippen LogP contribution in [0.25, 0.3) is 0 Å². The standard InChI is InChI=1S/C23H28Cl2N2O3/c1-23(2)13-16-4-3-5-21(22(16)30-23)29-15-18(28)14-26-8-10-27(11-9-26)20-7-6-17(24)12-19(20)25/h3-7,12,18,28H,8-11,13-15H2,1-2H3. The Bertz CT molecular complexity index is 898. The van der Waals surface area contributed by atoms with E-state index < -0.39 is 6.10 Å². The molecule has 7 heteroatoms. The van der Waals surface area contributed by atoms with Crippen LogP contribution in [0.2, 0.25) is 10.0 Å². The number of para-hydroxylation sites is 1. The molecule has 2 aliphatic heterocycles. The minimum Gasteiger partial charge on any atom is -0.487 e. The molecule has 0 saturated carbocycles. The molecule has 1 unspecified atom stereocenters. The molecule has 1 N–H and O–H groups in total. The first-order valence-electron chi connectivity index (χ1n) is 10.3. The van der Waals surface area contributed by atoms with E-state index in [2.05, 4.69) is 29.7 Å². The molecule has 0 bridgehead atoms. The molecule has 2 aromatic carbocycles. The SMILES string of the molecule is CC1(C)Cc2cccc(OCC(O)CN3CCN(c4ccc(Cl)cc4Cl)CC3)c2O1. The number of benzene rings is 2. The fourth-order valence-corrected chi connectivity index (χ4v) is 4.67. The van der Waals surface area contributed by atoms with Crippen molar-refractivity contribution in [2.45, 2.75) is 32.0 Å². The normalized spacial score (nSPS) is 19.3. The molecular formula is C23H28Cl2N2O3. The van der Waals surface area contributed by atoms with Crippen molar-refractivity contribution in [3.05, 3.63) is 52.0 Å². The molecule has 4 rings (SSSR count). The van der Waals surface area contributed by atoms with Gasteiger partial charge < -0.3 is 19.5 Å². The van der Waals surface area contributed by atoms with Crippen LogP contribution in [-0.2, 0) is 6.42 Å². The smallest absolute Gasteiger partial charge is 0.165 e. The monoisotopic (exact) mass is 450 g/mol. The van der Waals surface area contributed by atoms with E-state index >= 15 is 0 Å². The van der Waals surface area contributed by atoms with Crippen LogP contribution in [0.5, 0.6) is 11.5 Å². The van der Waals surface area contributed by atoms with Gasteiger partial charge in [0.05, 0.1) is 10.7 Å². The van der Waals surface area contributed by atoms with E-state index in [0.717, 1.165) is 49.6 Å². The van der Waals surface area contributed by atoms with E-state index in [4.69, 9.17) is 32.7 Å². The van der Waals surface area contributed by atoms with Crippen LogP contribution < -0.4 is 14.4 Å². The van der Waals surface area contributed by atoms with Gasteiger partial charge in [0, 0.05) is 49.7 Å². The van der Waals surface area contributed by atoms with E-state index in [9.17, 15) is 5.11 Å². The molecule has 0 radical (unpaired) electrons. The molecule has 2 heterocycles. The van der Waals surface area contributed by atoms with E-state index in [1.807, 2.05) is 24.3 Å². The van der Waals surface area contributed by atoms with Crippen LogP contribution >= 0.6 is 23.2 Å². The summed E-state index contributed by atoms with van der Waals surface area (Å²) in [7, 11) is 0. The van der Waals surface area contributed by atoms with E-state index in [1.165, 1.54) is 0 Å². The third-order valence-corrected chi connectivity index (χ3v) is 6.12.